The van der Waals surface area contributed by atoms with Gasteiger partial charge in [-0.25, -0.2) is 0 Å². The lowest BCUT2D eigenvalue weighted by molar-refractivity contribution is -0.122. The summed E-state index contributed by atoms with van der Waals surface area (Å²) in [6.45, 7) is 2.41. The van der Waals surface area contributed by atoms with Gasteiger partial charge in [0.25, 0.3) is 5.91 Å². The van der Waals surface area contributed by atoms with Crippen molar-refractivity contribution in [3.05, 3.63) is 58.9 Å². The second kappa shape index (κ2) is 8.33. The molecule has 0 atom stereocenters. The number of hydrogen-bond acceptors (Lipinski definition) is 5. The Kier molecular flexibility index (Phi) is 5.90. The first-order valence-electron chi connectivity index (χ1n) is 8.18. The van der Waals surface area contributed by atoms with Crippen LogP contribution in [-0.2, 0) is 9.59 Å². The molecule has 1 N–H and O–H groups in total. The van der Waals surface area contributed by atoms with Crippen LogP contribution in [-0.4, -0.2) is 27.6 Å². The lowest BCUT2D eigenvalue weighted by Gasteiger charge is -2.14. The van der Waals surface area contributed by atoms with Gasteiger partial charge in [0.15, 0.2) is 0 Å². The first-order valence-corrected chi connectivity index (χ1v) is 9.41. The minimum Gasteiger partial charge on any atom is -0.465 e. The van der Waals surface area contributed by atoms with Crippen molar-refractivity contribution in [2.24, 2.45) is 0 Å². The number of thioether (sulfide) groups is 1. The largest absolute Gasteiger partial charge is 0.465 e. The van der Waals surface area contributed by atoms with Crippen molar-refractivity contribution >= 4 is 51.9 Å². The Hall–Kier alpha value is -2.38. The predicted octanol–water partition coefficient (Wildman–Crippen LogP) is 4.21. The van der Waals surface area contributed by atoms with Gasteiger partial charge in [0.05, 0.1) is 11.2 Å². The van der Waals surface area contributed by atoms with E-state index in [4.69, 9.17) is 16.6 Å². The van der Waals surface area contributed by atoms with Gasteiger partial charge in [0.1, 0.15) is 10.1 Å². The third-order valence-corrected chi connectivity index (χ3v) is 5.19. The smallest absolute Gasteiger partial charge is 0.266 e. The van der Waals surface area contributed by atoms with E-state index in [0.717, 1.165) is 11.3 Å². The van der Waals surface area contributed by atoms with Crippen LogP contribution in [0.15, 0.2) is 52.0 Å². The van der Waals surface area contributed by atoms with Gasteiger partial charge in [-0.3, -0.25) is 14.5 Å². The van der Waals surface area contributed by atoms with Gasteiger partial charge < -0.3 is 9.73 Å². The zero-order valence-electron chi connectivity index (χ0n) is 14.2. The first kappa shape index (κ1) is 18.4. The lowest BCUT2D eigenvalue weighted by Crippen LogP contribution is -2.29. The number of aryl methyl sites for hydroxylation is 1. The Labute approximate surface area is 161 Å². The first-order chi connectivity index (χ1) is 12.5. The molecule has 0 unspecified atom stereocenters. The summed E-state index contributed by atoms with van der Waals surface area (Å²) in [4.78, 5) is 26.6. The molecule has 0 saturated carbocycles. The second-order valence-corrected chi connectivity index (χ2v) is 7.54. The molecule has 0 bridgehead atoms. The maximum Gasteiger partial charge on any atom is 0.266 e. The Bertz CT molecular complexity index is 842. The topological polar surface area (TPSA) is 62.6 Å². The highest BCUT2D eigenvalue weighted by molar-refractivity contribution is 8.26. The molecule has 1 saturated heterocycles. The SMILES string of the molecule is Cc1ccc(NC(=O)CCCN2C(=O)/C(=C/c3ccco3)SC2=S)cc1. The molecule has 0 spiro atoms. The molecule has 1 aromatic heterocycles. The van der Waals surface area contributed by atoms with E-state index >= 15 is 0 Å². The van der Waals surface area contributed by atoms with Crippen LogP contribution in [0.25, 0.3) is 6.08 Å². The van der Waals surface area contributed by atoms with Gasteiger partial charge in [-0.15, -0.1) is 0 Å². The molecule has 2 aromatic rings. The van der Waals surface area contributed by atoms with E-state index in [9.17, 15) is 9.59 Å². The maximum atomic E-state index is 12.4. The number of carbonyl (C=O) groups excluding carboxylic acids is 2. The molecular formula is C19H18N2O3S2. The number of anilines is 1. The molecule has 1 aliphatic heterocycles. The number of furan rings is 1. The summed E-state index contributed by atoms with van der Waals surface area (Å²) < 4.78 is 5.74. The minimum absolute atomic E-state index is 0.0783. The molecule has 1 aromatic carbocycles. The Morgan fingerprint density at radius 1 is 1.31 bits per heavy atom. The number of rotatable bonds is 6. The molecule has 1 aliphatic rings. The zero-order chi connectivity index (χ0) is 18.5. The van der Waals surface area contributed by atoms with E-state index in [1.165, 1.54) is 16.7 Å². The number of thiocarbonyl (C=S) groups is 1. The number of amides is 2. The van der Waals surface area contributed by atoms with Crippen LogP contribution in [0.4, 0.5) is 5.69 Å². The van der Waals surface area contributed by atoms with E-state index in [1.807, 2.05) is 31.2 Å². The third kappa shape index (κ3) is 4.62. The van der Waals surface area contributed by atoms with Crippen molar-refractivity contribution in [1.82, 2.24) is 4.90 Å². The van der Waals surface area contributed by atoms with Gasteiger partial charge in [-0.05, 0) is 37.6 Å². The Morgan fingerprint density at radius 3 is 2.77 bits per heavy atom. The molecule has 2 heterocycles. The molecule has 5 nitrogen and oxygen atoms in total. The highest BCUT2D eigenvalue weighted by Gasteiger charge is 2.31. The highest BCUT2D eigenvalue weighted by atomic mass is 32.2. The summed E-state index contributed by atoms with van der Waals surface area (Å²) in [5.41, 5.74) is 1.91. The van der Waals surface area contributed by atoms with Crippen LogP contribution >= 0.6 is 24.0 Å². The third-order valence-electron chi connectivity index (χ3n) is 3.81. The van der Waals surface area contributed by atoms with Crippen LogP contribution in [0.5, 0.6) is 0 Å². The van der Waals surface area contributed by atoms with Crippen LogP contribution < -0.4 is 5.32 Å². The van der Waals surface area contributed by atoms with Crippen molar-refractivity contribution in [3.63, 3.8) is 0 Å². The molecule has 0 radical (unpaired) electrons. The molecule has 3 rings (SSSR count). The number of nitrogens with one attached hydrogen (secondary N) is 1. The van der Waals surface area contributed by atoms with Crippen LogP contribution in [0.2, 0.25) is 0 Å². The molecule has 134 valence electrons. The fraction of sp³-hybridized carbons (Fsp3) is 0.211. The monoisotopic (exact) mass is 386 g/mol. The summed E-state index contributed by atoms with van der Waals surface area (Å²) in [6, 6.07) is 11.2. The van der Waals surface area contributed by atoms with E-state index in [2.05, 4.69) is 5.32 Å². The van der Waals surface area contributed by atoms with Gasteiger partial charge in [0.2, 0.25) is 5.91 Å². The Balaban J connectivity index is 1.50. The van der Waals surface area contributed by atoms with Gasteiger partial charge >= 0.3 is 0 Å². The van der Waals surface area contributed by atoms with Gasteiger partial charge in [-0.1, -0.05) is 41.7 Å². The van der Waals surface area contributed by atoms with Crippen LogP contribution in [0.3, 0.4) is 0 Å². The average Bonchev–Trinajstić information content (AvgIpc) is 3.21. The van der Waals surface area contributed by atoms with Gasteiger partial charge in [-0.2, -0.15) is 0 Å². The number of carbonyl (C=O) groups is 2. The lowest BCUT2D eigenvalue weighted by atomic mass is 10.2. The van der Waals surface area contributed by atoms with Gasteiger partial charge in [0, 0.05) is 24.7 Å². The number of hydrogen-bond donors (Lipinski definition) is 1. The molecule has 1 fully saturated rings. The Morgan fingerprint density at radius 2 is 2.08 bits per heavy atom. The molecule has 0 aliphatic carbocycles. The van der Waals surface area contributed by atoms with E-state index in [0.29, 0.717) is 34.4 Å². The molecular weight excluding hydrogens is 368 g/mol. The van der Waals surface area contributed by atoms with Crippen molar-refractivity contribution < 1.29 is 14.0 Å². The molecule has 7 heteroatoms. The normalized spacial score (nSPS) is 15.7. The summed E-state index contributed by atoms with van der Waals surface area (Å²) in [7, 11) is 0. The van der Waals surface area contributed by atoms with Crippen molar-refractivity contribution in [2.75, 3.05) is 11.9 Å². The van der Waals surface area contributed by atoms with Crippen molar-refractivity contribution in [1.29, 1.82) is 0 Å². The van der Waals surface area contributed by atoms with Crippen molar-refractivity contribution in [3.8, 4) is 0 Å². The van der Waals surface area contributed by atoms with Crippen LogP contribution in [0, 0.1) is 6.92 Å². The maximum absolute atomic E-state index is 12.4. The minimum atomic E-state index is -0.143. The summed E-state index contributed by atoms with van der Waals surface area (Å²) in [6.07, 6.45) is 4.10. The average molecular weight is 386 g/mol. The van der Waals surface area contributed by atoms with E-state index in [1.54, 1.807) is 24.5 Å². The van der Waals surface area contributed by atoms with Crippen LogP contribution in [0.1, 0.15) is 24.2 Å². The number of benzene rings is 1. The number of nitrogens with zero attached hydrogens (tertiary/aromatic N) is 1. The summed E-state index contributed by atoms with van der Waals surface area (Å²) in [5.74, 6) is 0.392. The molecule has 26 heavy (non-hydrogen) atoms. The second-order valence-electron chi connectivity index (χ2n) is 5.87. The highest BCUT2D eigenvalue weighted by Crippen LogP contribution is 2.32. The van der Waals surface area contributed by atoms with Crippen molar-refractivity contribution in [2.45, 2.75) is 19.8 Å². The quantitative estimate of drug-likeness (QED) is 0.595. The fourth-order valence-electron chi connectivity index (χ4n) is 2.45. The van der Waals surface area contributed by atoms with E-state index < -0.39 is 0 Å². The fourth-order valence-corrected chi connectivity index (χ4v) is 3.74. The standard InChI is InChI=1S/C19H18N2O3S2/c1-13-6-8-14(9-7-13)20-17(22)5-2-10-21-18(23)16(26-19(21)25)12-15-4-3-11-24-15/h3-4,6-9,11-12H,2,5,10H2,1H3,(H,20,22)/b16-12-. The zero-order valence-corrected chi connectivity index (χ0v) is 15.9. The molecule has 2 amide bonds. The predicted molar refractivity (Wildman–Crippen MR) is 108 cm³/mol. The summed E-state index contributed by atoms with van der Waals surface area (Å²) >= 11 is 6.53. The summed E-state index contributed by atoms with van der Waals surface area (Å²) in [5, 5.41) is 2.85. The van der Waals surface area contributed by atoms with E-state index in [-0.39, 0.29) is 11.8 Å².